The fourth-order valence-corrected chi connectivity index (χ4v) is 5.70. The lowest BCUT2D eigenvalue weighted by Gasteiger charge is -2.21. The minimum absolute atomic E-state index is 0.0878. The Kier molecular flexibility index (Phi) is 6.93. The molecule has 3 rings (SSSR count). The van der Waals surface area contributed by atoms with E-state index in [0.29, 0.717) is 30.4 Å². The number of fused-ring (bicyclic) bond motifs is 1. The highest BCUT2D eigenvalue weighted by Gasteiger charge is 2.40. The van der Waals surface area contributed by atoms with Crippen LogP contribution < -0.4 is 5.32 Å². The Morgan fingerprint density at radius 1 is 1.14 bits per heavy atom. The number of hydrogen-bond acceptors (Lipinski definition) is 6. The van der Waals surface area contributed by atoms with E-state index < -0.39 is 9.84 Å². The van der Waals surface area contributed by atoms with Crippen molar-refractivity contribution in [3.63, 3.8) is 0 Å². The van der Waals surface area contributed by atoms with Crippen molar-refractivity contribution >= 4 is 15.7 Å². The van der Waals surface area contributed by atoms with Crippen LogP contribution in [-0.2, 0) is 14.6 Å². The third-order valence-corrected chi connectivity index (χ3v) is 7.50. The minimum Gasteiger partial charge on any atom is -0.353 e. The molecule has 0 aromatic heterocycles. The Hall–Kier alpha value is -1.95. The molecule has 158 valence electrons. The van der Waals surface area contributed by atoms with Crippen molar-refractivity contribution in [3.8, 4) is 6.07 Å². The molecular formula is C21H30N4O3S. The number of amides is 1. The lowest BCUT2D eigenvalue weighted by atomic mass is 10.0. The van der Waals surface area contributed by atoms with E-state index in [1.807, 2.05) is 19.9 Å². The lowest BCUT2D eigenvalue weighted by molar-refractivity contribution is -0.122. The van der Waals surface area contributed by atoms with Crippen LogP contribution >= 0.6 is 0 Å². The van der Waals surface area contributed by atoms with E-state index in [1.165, 1.54) is 12.1 Å². The van der Waals surface area contributed by atoms with E-state index in [1.54, 1.807) is 12.1 Å². The number of carbonyl (C=O) groups is 1. The number of likely N-dealkylation sites (tertiary alicyclic amines) is 2. The van der Waals surface area contributed by atoms with Crippen LogP contribution in [0.3, 0.4) is 0 Å². The van der Waals surface area contributed by atoms with Gasteiger partial charge in [-0.1, -0.05) is 0 Å². The van der Waals surface area contributed by atoms with E-state index in [0.717, 1.165) is 32.7 Å². The summed E-state index contributed by atoms with van der Waals surface area (Å²) in [6.45, 7) is 9.01. The molecule has 2 saturated heterocycles. The summed E-state index contributed by atoms with van der Waals surface area (Å²) in [4.78, 5) is 16.8. The molecule has 0 aliphatic carbocycles. The Morgan fingerprint density at radius 3 is 2.28 bits per heavy atom. The van der Waals surface area contributed by atoms with E-state index in [2.05, 4.69) is 15.1 Å². The number of rotatable bonds is 8. The van der Waals surface area contributed by atoms with Crippen molar-refractivity contribution in [1.82, 2.24) is 15.1 Å². The van der Waals surface area contributed by atoms with Crippen molar-refractivity contribution in [3.05, 3.63) is 29.8 Å². The molecular weight excluding hydrogens is 388 g/mol. The summed E-state index contributed by atoms with van der Waals surface area (Å²) in [6.07, 6.45) is 0.599. The molecule has 0 radical (unpaired) electrons. The van der Waals surface area contributed by atoms with Crippen LogP contribution in [0.1, 0.15) is 25.8 Å². The summed E-state index contributed by atoms with van der Waals surface area (Å²) >= 11 is 0. The first-order valence-corrected chi connectivity index (χ1v) is 11.9. The van der Waals surface area contributed by atoms with Crippen LogP contribution in [0, 0.1) is 23.2 Å². The van der Waals surface area contributed by atoms with E-state index in [9.17, 15) is 13.2 Å². The highest BCUT2D eigenvalue weighted by atomic mass is 32.2. The number of sulfone groups is 1. The molecule has 8 heteroatoms. The molecule has 1 aromatic carbocycles. The predicted molar refractivity (Wildman–Crippen MR) is 111 cm³/mol. The van der Waals surface area contributed by atoms with Crippen molar-refractivity contribution in [2.45, 2.75) is 31.2 Å². The fourth-order valence-electron chi connectivity index (χ4n) is 4.40. The lowest BCUT2D eigenvalue weighted by Crippen LogP contribution is -2.40. The molecule has 2 fully saturated rings. The Bertz CT molecular complexity index is 847. The Balaban J connectivity index is 1.41. The molecule has 1 N–H and O–H groups in total. The number of hydrogen-bond donors (Lipinski definition) is 1. The first-order valence-electron chi connectivity index (χ1n) is 10.2. The largest absolute Gasteiger partial charge is 0.353 e. The van der Waals surface area contributed by atoms with Gasteiger partial charge >= 0.3 is 0 Å². The summed E-state index contributed by atoms with van der Waals surface area (Å²) in [5.41, 5.74) is 0.461. The van der Waals surface area contributed by atoms with Crippen LogP contribution in [0.25, 0.3) is 0 Å². The summed E-state index contributed by atoms with van der Waals surface area (Å²) < 4.78 is 25.0. The third-order valence-electron chi connectivity index (χ3n) is 5.68. The number of nitriles is 1. The Morgan fingerprint density at radius 2 is 1.72 bits per heavy atom. The summed E-state index contributed by atoms with van der Waals surface area (Å²) in [5.74, 6) is 1.34. The zero-order chi connectivity index (χ0) is 21.0. The van der Waals surface area contributed by atoms with Gasteiger partial charge in [0.25, 0.3) is 0 Å². The van der Waals surface area contributed by atoms with Gasteiger partial charge in [-0.3, -0.25) is 9.69 Å². The maximum Gasteiger partial charge on any atom is 0.234 e. The number of carbonyl (C=O) groups excluding carboxylic acids is 1. The second-order valence-electron chi connectivity index (χ2n) is 8.50. The van der Waals surface area contributed by atoms with Gasteiger partial charge in [-0.25, -0.2) is 8.42 Å². The van der Waals surface area contributed by atoms with Gasteiger partial charge in [-0.05, 0) is 62.9 Å². The molecule has 1 aromatic rings. The summed E-state index contributed by atoms with van der Waals surface area (Å²) in [6, 6.07) is 8.28. The first-order chi connectivity index (χ1) is 13.8. The van der Waals surface area contributed by atoms with Gasteiger partial charge in [-0.2, -0.15) is 5.26 Å². The molecule has 2 aliphatic rings. The molecule has 2 atom stereocenters. The summed E-state index contributed by atoms with van der Waals surface area (Å²) in [5, 5.41) is 11.8. The molecule has 1 amide bonds. The van der Waals surface area contributed by atoms with E-state index >= 15 is 0 Å². The van der Waals surface area contributed by atoms with Crippen LogP contribution in [0.4, 0.5) is 0 Å². The highest BCUT2D eigenvalue weighted by molar-refractivity contribution is 7.91. The molecule has 2 aliphatic heterocycles. The summed E-state index contributed by atoms with van der Waals surface area (Å²) in [7, 11) is -3.32. The zero-order valence-corrected chi connectivity index (χ0v) is 18.0. The molecule has 0 saturated carbocycles. The molecule has 29 heavy (non-hydrogen) atoms. The van der Waals surface area contributed by atoms with E-state index in [4.69, 9.17) is 5.26 Å². The zero-order valence-electron chi connectivity index (χ0n) is 17.2. The van der Waals surface area contributed by atoms with Crippen LogP contribution in [0.15, 0.2) is 29.2 Å². The first kappa shape index (κ1) is 21.8. The van der Waals surface area contributed by atoms with E-state index in [-0.39, 0.29) is 22.6 Å². The fraction of sp³-hybridized carbons (Fsp3) is 0.619. The molecule has 0 spiro atoms. The van der Waals surface area contributed by atoms with Crippen LogP contribution in [0.5, 0.6) is 0 Å². The average Bonchev–Trinajstić information content (AvgIpc) is 3.18. The highest BCUT2D eigenvalue weighted by Crippen LogP contribution is 2.31. The maximum atomic E-state index is 12.5. The van der Waals surface area contributed by atoms with Gasteiger partial charge in [-0.15, -0.1) is 0 Å². The quantitative estimate of drug-likeness (QED) is 0.680. The minimum atomic E-state index is -3.32. The van der Waals surface area contributed by atoms with Gasteiger partial charge < -0.3 is 10.2 Å². The van der Waals surface area contributed by atoms with Crippen molar-refractivity contribution in [1.29, 1.82) is 5.26 Å². The monoisotopic (exact) mass is 418 g/mol. The number of nitrogens with zero attached hydrogens (tertiary/aromatic N) is 3. The topological polar surface area (TPSA) is 93.5 Å². The van der Waals surface area contributed by atoms with Gasteiger partial charge in [0.2, 0.25) is 5.91 Å². The van der Waals surface area contributed by atoms with Crippen LogP contribution in [-0.4, -0.2) is 75.2 Å². The van der Waals surface area contributed by atoms with Gasteiger partial charge in [0, 0.05) is 32.2 Å². The third kappa shape index (κ3) is 5.78. The van der Waals surface area contributed by atoms with Crippen LogP contribution in [0.2, 0.25) is 0 Å². The van der Waals surface area contributed by atoms with Crippen molar-refractivity contribution in [2.75, 3.05) is 45.0 Å². The second-order valence-corrected chi connectivity index (χ2v) is 10.6. The van der Waals surface area contributed by atoms with Crippen molar-refractivity contribution in [2.24, 2.45) is 11.8 Å². The average molecular weight is 419 g/mol. The predicted octanol–water partition coefficient (Wildman–Crippen LogP) is 1.11. The second kappa shape index (κ2) is 9.24. The smallest absolute Gasteiger partial charge is 0.234 e. The van der Waals surface area contributed by atoms with Gasteiger partial charge in [0.1, 0.15) is 0 Å². The van der Waals surface area contributed by atoms with Gasteiger partial charge in [0.05, 0.1) is 28.8 Å². The van der Waals surface area contributed by atoms with Crippen molar-refractivity contribution < 1.29 is 13.2 Å². The maximum absolute atomic E-state index is 12.5. The Labute approximate surface area is 173 Å². The normalized spacial score (nSPS) is 22.6. The molecule has 7 nitrogen and oxygen atoms in total. The molecule has 0 bridgehead atoms. The molecule has 2 heterocycles. The SMILES string of the molecule is CC(C)NC(=O)CN1CC2CN(CCCS(=O)(=O)c3ccc(C#N)cc3)CC2C1. The number of benzene rings is 1. The standard InChI is InChI=1S/C21H30N4O3S/c1-16(2)23-21(26)15-25-13-18-11-24(12-19(18)14-25)8-3-9-29(27,28)20-6-4-17(10-22)5-7-20/h4-7,16,18-19H,3,8-9,11-15H2,1-2H3,(H,23,26). The molecule has 2 unspecified atom stereocenters. The number of nitrogens with one attached hydrogen (secondary N) is 1. The van der Waals surface area contributed by atoms with Gasteiger partial charge in [0.15, 0.2) is 9.84 Å².